The van der Waals surface area contributed by atoms with Crippen molar-refractivity contribution >= 4 is 39.5 Å². The third-order valence-electron chi connectivity index (χ3n) is 18.3. The van der Waals surface area contributed by atoms with Gasteiger partial charge in [0.1, 0.15) is 19.3 Å². The summed E-state index contributed by atoms with van der Waals surface area (Å²) in [6.45, 7) is 9.50. The fraction of sp³-hybridized carbons (Fsp3) is 0.901. The molecule has 0 rings (SSSR count). The quantitative estimate of drug-likeness (QED) is 0.0169. The molecule has 5 atom stereocenters. The average molecular weight is 1460 g/mol. The standard InChI is InChI=1S/C81H154O17P2/c1-7-9-11-13-15-17-19-21-23-24-25-26-27-28-30-32-36-40-46-53-59-65-80(85)97-76(69-91-78(83)63-57-51-45-39-35-31-29-22-20-18-16-14-12-10-8-2)71-95-99(87,88)93-67-75(82)68-94-100(89,90)96-72-77(70-92-79(84)64-58-52-48-42-44-50-56-62-74(5)6)98-81(86)66-60-54-47-41-37-33-34-38-43-49-55-61-73(3)4/h18,20,22,29,73-77,82H,7-17,19,21,23-28,30-72H2,1-6H3,(H,87,88)(H,89,90)/b20-18-,29-22-/t75-,76-,77-/m1/s1. The maximum Gasteiger partial charge on any atom is 0.472 e. The van der Waals surface area contributed by atoms with Gasteiger partial charge in [-0.25, -0.2) is 9.13 Å². The van der Waals surface area contributed by atoms with Crippen LogP contribution in [0.15, 0.2) is 24.3 Å². The molecule has 0 aromatic heterocycles. The normalized spacial score (nSPS) is 14.1. The molecular formula is C81H154O17P2. The van der Waals surface area contributed by atoms with Gasteiger partial charge >= 0.3 is 39.5 Å². The number of rotatable bonds is 78. The fourth-order valence-electron chi connectivity index (χ4n) is 12.0. The van der Waals surface area contributed by atoms with Crippen molar-refractivity contribution in [1.29, 1.82) is 0 Å². The predicted octanol–water partition coefficient (Wildman–Crippen LogP) is 23.8. The van der Waals surface area contributed by atoms with Gasteiger partial charge in [0.2, 0.25) is 0 Å². The highest BCUT2D eigenvalue weighted by Gasteiger charge is 2.30. The number of phosphoric acid groups is 2. The van der Waals surface area contributed by atoms with E-state index in [4.69, 9.17) is 37.0 Å². The Hall–Kier alpha value is -2.46. The van der Waals surface area contributed by atoms with E-state index in [9.17, 15) is 43.2 Å². The van der Waals surface area contributed by atoms with E-state index in [2.05, 4.69) is 65.8 Å². The summed E-state index contributed by atoms with van der Waals surface area (Å²) in [4.78, 5) is 73.0. The average Bonchev–Trinajstić information content (AvgIpc) is 0.914. The second kappa shape index (κ2) is 72.1. The van der Waals surface area contributed by atoms with Gasteiger partial charge in [0.25, 0.3) is 0 Å². The molecule has 3 N–H and O–H groups in total. The molecule has 17 nitrogen and oxygen atoms in total. The summed E-state index contributed by atoms with van der Waals surface area (Å²) < 4.78 is 68.6. The van der Waals surface area contributed by atoms with Crippen LogP contribution >= 0.6 is 15.6 Å². The lowest BCUT2D eigenvalue weighted by molar-refractivity contribution is -0.161. The number of allylic oxidation sites excluding steroid dienone is 4. The molecule has 0 fully saturated rings. The van der Waals surface area contributed by atoms with Crippen molar-refractivity contribution in [3.05, 3.63) is 24.3 Å². The van der Waals surface area contributed by atoms with E-state index >= 15 is 0 Å². The van der Waals surface area contributed by atoms with Gasteiger partial charge in [0.05, 0.1) is 26.4 Å². The highest BCUT2D eigenvalue weighted by molar-refractivity contribution is 7.47. The van der Waals surface area contributed by atoms with E-state index in [0.717, 1.165) is 121 Å². The van der Waals surface area contributed by atoms with E-state index in [1.807, 2.05) is 0 Å². The molecule has 590 valence electrons. The lowest BCUT2D eigenvalue weighted by Gasteiger charge is -2.21. The maximum absolute atomic E-state index is 13.1. The van der Waals surface area contributed by atoms with Crippen LogP contribution in [0.2, 0.25) is 0 Å². The zero-order chi connectivity index (χ0) is 73.5. The van der Waals surface area contributed by atoms with Crippen molar-refractivity contribution in [2.45, 2.75) is 419 Å². The van der Waals surface area contributed by atoms with E-state index < -0.39 is 97.5 Å². The molecular weight excluding hydrogens is 1310 g/mol. The smallest absolute Gasteiger partial charge is 0.462 e. The summed E-state index contributed by atoms with van der Waals surface area (Å²) in [5.74, 6) is -0.675. The van der Waals surface area contributed by atoms with Crippen LogP contribution in [0.5, 0.6) is 0 Å². The van der Waals surface area contributed by atoms with E-state index in [1.54, 1.807) is 0 Å². The lowest BCUT2D eigenvalue weighted by Crippen LogP contribution is -2.30. The van der Waals surface area contributed by atoms with Gasteiger partial charge in [-0.05, 0) is 63.2 Å². The number of phosphoric ester groups is 2. The van der Waals surface area contributed by atoms with Crippen LogP contribution in [0.25, 0.3) is 0 Å². The summed E-state index contributed by atoms with van der Waals surface area (Å²) in [5.41, 5.74) is 0. The second-order valence-electron chi connectivity index (χ2n) is 29.4. The van der Waals surface area contributed by atoms with Crippen molar-refractivity contribution in [3.63, 3.8) is 0 Å². The number of esters is 4. The Morgan fingerprint density at radius 2 is 0.540 bits per heavy atom. The molecule has 0 bridgehead atoms. The molecule has 0 heterocycles. The molecule has 0 saturated carbocycles. The van der Waals surface area contributed by atoms with Crippen LogP contribution in [0.3, 0.4) is 0 Å². The fourth-order valence-corrected chi connectivity index (χ4v) is 13.6. The summed E-state index contributed by atoms with van der Waals surface area (Å²) in [6, 6.07) is 0. The highest BCUT2D eigenvalue weighted by Crippen LogP contribution is 2.45. The summed E-state index contributed by atoms with van der Waals surface area (Å²) in [6.07, 6.45) is 64.8. The molecule has 2 unspecified atom stereocenters. The van der Waals surface area contributed by atoms with E-state index in [0.29, 0.717) is 31.6 Å². The Balaban J connectivity index is 5.25. The zero-order valence-corrected chi connectivity index (χ0v) is 66.8. The third kappa shape index (κ3) is 73.8. The van der Waals surface area contributed by atoms with Crippen LogP contribution in [0.4, 0.5) is 0 Å². The zero-order valence-electron chi connectivity index (χ0n) is 65.0. The van der Waals surface area contributed by atoms with E-state index in [1.165, 1.54) is 193 Å². The van der Waals surface area contributed by atoms with E-state index in [-0.39, 0.29) is 25.7 Å². The number of carbonyl (C=O) groups excluding carboxylic acids is 4. The Labute approximate surface area is 612 Å². The number of hydrogen-bond acceptors (Lipinski definition) is 15. The molecule has 0 spiro atoms. The van der Waals surface area contributed by atoms with Crippen molar-refractivity contribution < 1.29 is 80.2 Å². The topological polar surface area (TPSA) is 237 Å². The van der Waals surface area contributed by atoms with Crippen molar-refractivity contribution in [2.24, 2.45) is 11.8 Å². The molecule has 100 heavy (non-hydrogen) atoms. The molecule has 19 heteroatoms. The first-order valence-corrected chi connectivity index (χ1v) is 44.3. The second-order valence-corrected chi connectivity index (χ2v) is 32.3. The first-order chi connectivity index (χ1) is 48.4. The van der Waals surface area contributed by atoms with Crippen LogP contribution in [-0.2, 0) is 65.4 Å². The maximum atomic E-state index is 13.1. The first kappa shape index (κ1) is 97.5. The van der Waals surface area contributed by atoms with Gasteiger partial charge in [0.15, 0.2) is 12.2 Å². The van der Waals surface area contributed by atoms with Crippen LogP contribution < -0.4 is 0 Å². The predicted molar refractivity (Wildman–Crippen MR) is 409 cm³/mol. The Morgan fingerprint density at radius 1 is 0.310 bits per heavy atom. The van der Waals surface area contributed by atoms with Crippen LogP contribution in [-0.4, -0.2) is 96.7 Å². The number of hydrogen-bond donors (Lipinski definition) is 3. The van der Waals surface area contributed by atoms with Crippen LogP contribution in [0, 0.1) is 11.8 Å². The van der Waals surface area contributed by atoms with Crippen LogP contribution in [0.1, 0.15) is 401 Å². The van der Waals surface area contributed by atoms with Crippen molar-refractivity contribution in [2.75, 3.05) is 39.6 Å². The molecule has 0 saturated heterocycles. The minimum Gasteiger partial charge on any atom is -0.462 e. The number of aliphatic hydroxyl groups is 1. The largest absolute Gasteiger partial charge is 0.472 e. The van der Waals surface area contributed by atoms with Gasteiger partial charge in [-0.1, -0.05) is 348 Å². The molecule has 0 aliphatic carbocycles. The Bertz CT molecular complexity index is 2020. The first-order valence-electron chi connectivity index (χ1n) is 41.3. The highest BCUT2D eigenvalue weighted by atomic mass is 31.2. The van der Waals surface area contributed by atoms with Gasteiger partial charge in [0, 0.05) is 25.7 Å². The van der Waals surface area contributed by atoms with Gasteiger partial charge in [-0.15, -0.1) is 0 Å². The lowest BCUT2D eigenvalue weighted by atomic mass is 10.0. The molecule has 0 radical (unpaired) electrons. The van der Waals surface area contributed by atoms with Crippen molar-refractivity contribution in [1.82, 2.24) is 0 Å². The summed E-state index contributed by atoms with van der Waals surface area (Å²) >= 11 is 0. The molecule has 0 amide bonds. The SMILES string of the molecule is CCCCCC/C=C\C=C/CCCCCCCC(=O)OC[C@H](COP(=O)(O)OC[C@@H](O)COP(=O)(O)OC[C@@H](COC(=O)CCCCCCCCCC(C)C)OC(=O)CCCCCCCCCCCCCC(C)C)OC(=O)CCCCCCCCCCCCCCCCCCCCCCC. The number of carbonyl (C=O) groups is 4. The summed E-state index contributed by atoms with van der Waals surface area (Å²) in [5, 5.41) is 10.6. The molecule has 0 aliphatic heterocycles. The Morgan fingerprint density at radius 3 is 0.820 bits per heavy atom. The Kier molecular flexibility index (Phi) is 70.3. The molecule has 0 aromatic carbocycles. The minimum atomic E-state index is -4.97. The minimum absolute atomic E-state index is 0.102. The van der Waals surface area contributed by atoms with Crippen molar-refractivity contribution in [3.8, 4) is 0 Å². The molecule has 0 aliphatic rings. The van der Waals surface area contributed by atoms with Gasteiger partial charge < -0.3 is 33.8 Å². The molecule has 0 aromatic rings. The summed E-state index contributed by atoms with van der Waals surface area (Å²) in [7, 11) is -9.93. The number of unbranched alkanes of at least 4 members (excludes halogenated alkanes) is 45. The monoisotopic (exact) mass is 1460 g/mol. The van der Waals surface area contributed by atoms with Gasteiger partial charge in [-0.2, -0.15) is 0 Å². The number of aliphatic hydroxyl groups excluding tert-OH is 1. The number of ether oxygens (including phenoxy) is 4. The van der Waals surface area contributed by atoms with Gasteiger partial charge in [-0.3, -0.25) is 37.3 Å². The third-order valence-corrected chi connectivity index (χ3v) is 20.2.